The summed E-state index contributed by atoms with van der Waals surface area (Å²) in [6.07, 6.45) is 5.26. The van der Waals surface area contributed by atoms with Gasteiger partial charge in [0.2, 0.25) is 10.0 Å². The van der Waals surface area contributed by atoms with E-state index in [1.165, 1.54) is 12.2 Å². The van der Waals surface area contributed by atoms with Crippen molar-refractivity contribution in [1.82, 2.24) is 9.78 Å². The van der Waals surface area contributed by atoms with Gasteiger partial charge in [0, 0.05) is 11.6 Å². The number of nitrogens with one attached hydrogen (secondary N) is 1. The molecule has 0 amide bonds. The highest BCUT2D eigenvalue weighted by atomic mass is 35.5. The van der Waals surface area contributed by atoms with Crippen LogP contribution in [0.1, 0.15) is 25.3 Å². The predicted molar refractivity (Wildman–Crippen MR) is 107 cm³/mol. The van der Waals surface area contributed by atoms with Gasteiger partial charge in [0.15, 0.2) is 0 Å². The van der Waals surface area contributed by atoms with Crippen molar-refractivity contribution >= 4 is 44.1 Å². The third-order valence-corrected chi connectivity index (χ3v) is 7.55. The standard InChI is InChI=1S/C18H19Cl2N3O3S/c1-10-6-16(27(21,25)26)18(20,8-14(10)19)12-4-5-15-13(7-12)17(24)22-23(15)9-11-2-3-11/h4-8,11,16H,2-3,9H2,1H3,(H,22,24)(H2,21,25,26). The number of aromatic nitrogens is 2. The predicted octanol–water partition coefficient (Wildman–Crippen LogP) is 2.91. The molecule has 2 unspecified atom stereocenters. The first-order chi connectivity index (χ1) is 12.6. The zero-order valence-corrected chi connectivity index (χ0v) is 16.9. The van der Waals surface area contributed by atoms with Crippen LogP contribution in [0, 0.1) is 5.92 Å². The molecule has 1 fully saturated rings. The van der Waals surface area contributed by atoms with Crippen molar-refractivity contribution in [1.29, 1.82) is 0 Å². The molecule has 0 aliphatic heterocycles. The maximum Gasteiger partial charge on any atom is 0.271 e. The molecule has 2 aliphatic carbocycles. The summed E-state index contributed by atoms with van der Waals surface area (Å²) in [7, 11) is -4.01. The van der Waals surface area contributed by atoms with Crippen molar-refractivity contribution in [3.63, 3.8) is 0 Å². The minimum Gasteiger partial charge on any atom is -0.284 e. The first-order valence-corrected chi connectivity index (χ1v) is 11.0. The highest BCUT2D eigenvalue weighted by Gasteiger charge is 2.45. The lowest BCUT2D eigenvalue weighted by Gasteiger charge is -2.33. The van der Waals surface area contributed by atoms with Crippen molar-refractivity contribution in [2.24, 2.45) is 11.1 Å². The number of fused-ring (bicyclic) bond motifs is 1. The number of alkyl halides is 1. The van der Waals surface area contributed by atoms with Crippen LogP contribution in [0.2, 0.25) is 0 Å². The summed E-state index contributed by atoms with van der Waals surface area (Å²) < 4.78 is 26.2. The van der Waals surface area contributed by atoms with Crippen molar-refractivity contribution in [2.45, 2.75) is 36.4 Å². The molecule has 1 saturated carbocycles. The molecule has 0 saturated heterocycles. The summed E-state index contributed by atoms with van der Waals surface area (Å²) in [5.41, 5.74) is 1.56. The Balaban J connectivity index is 1.87. The molecular formula is C18H19Cl2N3O3S. The van der Waals surface area contributed by atoms with Crippen LogP contribution in [0.25, 0.3) is 10.9 Å². The van der Waals surface area contributed by atoms with Crippen LogP contribution >= 0.6 is 23.2 Å². The molecule has 0 radical (unpaired) electrons. The van der Waals surface area contributed by atoms with Gasteiger partial charge in [-0.1, -0.05) is 23.7 Å². The molecule has 2 aromatic rings. The van der Waals surface area contributed by atoms with E-state index >= 15 is 0 Å². The van der Waals surface area contributed by atoms with E-state index in [1.54, 1.807) is 25.1 Å². The normalized spacial score (nSPS) is 26.1. The fourth-order valence-corrected chi connectivity index (χ4v) is 5.56. The molecule has 4 rings (SSSR count). The van der Waals surface area contributed by atoms with Crippen molar-refractivity contribution in [3.8, 4) is 0 Å². The highest BCUT2D eigenvalue weighted by molar-refractivity contribution is 7.90. The Kier molecular flexibility index (Phi) is 4.34. The molecule has 2 atom stereocenters. The molecule has 1 heterocycles. The quantitative estimate of drug-likeness (QED) is 0.733. The number of aromatic amines is 1. The number of nitrogens with two attached hydrogens (primary N) is 1. The number of primary sulfonamides is 1. The van der Waals surface area contributed by atoms with Crippen molar-refractivity contribution < 1.29 is 8.42 Å². The SMILES string of the molecule is CC1=CC(S(N)(=O)=O)C(Cl)(c2ccc3c(c2)c(=O)[nH]n3CC2CC2)C=C1Cl. The Morgan fingerprint density at radius 2 is 2.07 bits per heavy atom. The van der Waals surface area contributed by atoms with Gasteiger partial charge in [-0.2, -0.15) is 0 Å². The van der Waals surface area contributed by atoms with Crippen molar-refractivity contribution in [3.05, 3.63) is 56.9 Å². The van der Waals surface area contributed by atoms with Gasteiger partial charge in [-0.3, -0.25) is 14.6 Å². The van der Waals surface area contributed by atoms with Gasteiger partial charge in [-0.05, 0) is 55.0 Å². The molecule has 1 aromatic heterocycles. The molecule has 0 spiro atoms. The van der Waals surface area contributed by atoms with E-state index < -0.39 is 20.1 Å². The average Bonchev–Trinajstić information content (AvgIpc) is 3.34. The molecular weight excluding hydrogens is 409 g/mol. The summed E-state index contributed by atoms with van der Waals surface area (Å²) in [6.45, 7) is 2.46. The molecule has 2 aliphatic rings. The number of hydrogen-bond acceptors (Lipinski definition) is 3. The second-order valence-electron chi connectivity index (χ2n) is 7.35. The lowest BCUT2D eigenvalue weighted by molar-refractivity contribution is 0.575. The molecule has 1 aromatic carbocycles. The maximum absolute atomic E-state index is 12.4. The third kappa shape index (κ3) is 3.27. The molecule has 27 heavy (non-hydrogen) atoms. The van der Waals surface area contributed by atoms with Crippen LogP contribution in [0.3, 0.4) is 0 Å². The molecule has 3 N–H and O–H groups in total. The van der Waals surface area contributed by atoms with E-state index in [0.29, 0.717) is 27.5 Å². The molecule has 6 nitrogen and oxygen atoms in total. The second kappa shape index (κ2) is 6.24. The van der Waals surface area contributed by atoms with Crippen LogP contribution in [-0.2, 0) is 21.4 Å². The van der Waals surface area contributed by atoms with Crippen LogP contribution in [-0.4, -0.2) is 23.4 Å². The average molecular weight is 428 g/mol. The summed E-state index contributed by atoms with van der Waals surface area (Å²) in [5.74, 6) is 0.593. The Morgan fingerprint density at radius 1 is 1.37 bits per heavy atom. The van der Waals surface area contributed by atoms with E-state index in [-0.39, 0.29) is 5.56 Å². The fourth-order valence-electron chi connectivity index (χ4n) is 3.53. The van der Waals surface area contributed by atoms with Gasteiger partial charge in [0.05, 0.1) is 10.9 Å². The summed E-state index contributed by atoms with van der Waals surface area (Å²) in [6, 6.07) is 5.12. The van der Waals surface area contributed by atoms with Crippen molar-refractivity contribution in [2.75, 3.05) is 0 Å². The number of nitrogens with zero attached hydrogens (tertiary/aromatic N) is 1. The van der Waals surface area contributed by atoms with Crippen LogP contribution in [0.15, 0.2) is 45.8 Å². The van der Waals surface area contributed by atoms with Gasteiger partial charge in [0.25, 0.3) is 5.56 Å². The summed E-state index contributed by atoms with van der Waals surface area (Å²) in [5, 5.41) is 7.90. The maximum atomic E-state index is 12.4. The summed E-state index contributed by atoms with van der Waals surface area (Å²) in [4.78, 5) is 10.9. The smallest absolute Gasteiger partial charge is 0.271 e. The Morgan fingerprint density at radius 3 is 2.70 bits per heavy atom. The monoisotopic (exact) mass is 427 g/mol. The van der Waals surface area contributed by atoms with Crippen LogP contribution < -0.4 is 10.7 Å². The Bertz CT molecular complexity index is 1160. The number of halogens is 2. The first kappa shape index (κ1) is 18.8. The lowest BCUT2D eigenvalue weighted by Crippen LogP contribution is -2.43. The van der Waals surface area contributed by atoms with Crippen LogP contribution in [0.5, 0.6) is 0 Å². The van der Waals surface area contributed by atoms with E-state index in [4.69, 9.17) is 28.3 Å². The van der Waals surface area contributed by atoms with E-state index in [9.17, 15) is 13.2 Å². The Hall–Kier alpha value is -1.54. The Labute approximate surface area is 166 Å². The number of sulfonamides is 1. The van der Waals surface area contributed by atoms with Gasteiger partial charge in [-0.15, -0.1) is 11.6 Å². The van der Waals surface area contributed by atoms with Gasteiger partial charge < -0.3 is 0 Å². The minimum absolute atomic E-state index is 0.238. The highest BCUT2D eigenvalue weighted by Crippen LogP contribution is 2.44. The van der Waals surface area contributed by atoms with E-state index in [0.717, 1.165) is 24.9 Å². The van der Waals surface area contributed by atoms with Gasteiger partial charge in [-0.25, -0.2) is 13.6 Å². The van der Waals surface area contributed by atoms with E-state index in [2.05, 4.69) is 5.10 Å². The number of rotatable bonds is 4. The largest absolute Gasteiger partial charge is 0.284 e. The first-order valence-electron chi connectivity index (χ1n) is 8.60. The van der Waals surface area contributed by atoms with Gasteiger partial charge >= 0.3 is 0 Å². The number of benzene rings is 1. The number of hydrogen-bond donors (Lipinski definition) is 2. The van der Waals surface area contributed by atoms with E-state index in [1.807, 2.05) is 4.68 Å². The molecule has 144 valence electrons. The lowest BCUT2D eigenvalue weighted by atomic mass is 9.88. The minimum atomic E-state index is -4.01. The molecule has 0 bridgehead atoms. The molecule has 9 heteroatoms. The zero-order chi connectivity index (χ0) is 19.6. The van der Waals surface area contributed by atoms with Crippen LogP contribution in [0.4, 0.5) is 0 Å². The van der Waals surface area contributed by atoms with Gasteiger partial charge in [0.1, 0.15) is 10.1 Å². The third-order valence-electron chi connectivity index (χ3n) is 5.23. The summed E-state index contributed by atoms with van der Waals surface area (Å²) >= 11 is 13.0. The fraction of sp³-hybridized carbons (Fsp3) is 0.389. The zero-order valence-electron chi connectivity index (χ0n) is 14.6. The number of allylic oxidation sites excluding steroid dienone is 3. The second-order valence-corrected chi connectivity index (χ2v) is 10.1. The topological polar surface area (TPSA) is 98.0 Å². The number of H-pyrrole nitrogens is 1.